The van der Waals surface area contributed by atoms with Gasteiger partial charge in [-0.25, -0.2) is 0 Å². The van der Waals surface area contributed by atoms with E-state index in [0.29, 0.717) is 13.0 Å². The molecule has 33 heavy (non-hydrogen) atoms. The molecule has 1 atom stereocenters. The molecule has 0 bridgehead atoms. The molecule has 2 aromatic rings. The molecule has 0 aliphatic rings. The number of benzene rings is 2. The molecule has 0 heterocycles. The highest BCUT2D eigenvalue weighted by Gasteiger charge is 2.19. The van der Waals surface area contributed by atoms with Crippen molar-refractivity contribution in [3.8, 4) is 0 Å². The van der Waals surface area contributed by atoms with Crippen LogP contribution < -0.4 is 10.2 Å². The number of unbranched alkanes of at least 4 members (excludes halogenated alkanes) is 3. The summed E-state index contributed by atoms with van der Waals surface area (Å²) in [5.74, 6) is -0.0782. The molecule has 0 aliphatic carbocycles. The number of nitrogens with one attached hydrogen (secondary N) is 1. The van der Waals surface area contributed by atoms with Crippen molar-refractivity contribution < 1.29 is 19.1 Å². The first kappa shape index (κ1) is 30.0. The van der Waals surface area contributed by atoms with Crippen LogP contribution in [0.5, 0.6) is 0 Å². The molecule has 182 valence electrons. The van der Waals surface area contributed by atoms with E-state index < -0.39 is 0 Å². The molecule has 1 unspecified atom stereocenters. The zero-order valence-corrected chi connectivity index (χ0v) is 20.6. The van der Waals surface area contributed by atoms with E-state index in [9.17, 15) is 4.79 Å². The fourth-order valence-electron chi connectivity index (χ4n) is 3.66. The van der Waals surface area contributed by atoms with Crippen LogP contribution in [0, 0.1) is 6.92 Å². The molecule has 2 rings (SSSR count). The number of ether oxygens (including phenoxy) is 1. The smallest absolute Gasteiger partial charge is 0.305 e. The summed E-state index contributed by atoms with van der Waals surface area (Å²) in [5.41, 5.74) is 5.16. The molecule has 6 heteroatoms. The van der Waals surface area contributed by atoms with Gasteiger partial charge in [0, 0.05) is 26.2 Å². The van der Waals surface area contributed by atoms with Gasteiger partial charge in [-0.3, -0.25) is 4.79 Å². The normalized spacial score (nSPS) is 10.7. The number of anilines is 1. The van der Waals surface area contributed by atoms with E-state index in [2.05, 4.69) is 79.8 Å². The highest BCUT2D eigenvalue weighted by molar-refractivity contribution is 5.69. The Morgan fingerprint density at radius 3 is 2.09 bits per heavy atom. The number of para-hydroxylation sites is 1. The SMILES string of the molecule is C=O.C=O.CCOC(=O)CCCCCCNC(c1ccccc1C)c1ccccc1N(C)C. The second kappa shape index (κ2) is 18.6. The van der Waals surface area contributed by atoms with Crippen LogP contribution in [0.3, 0.4) is 0 Å². The molecule has 2 aromatic carbocycles. The van der Waals surface area contributed by atoms with E-state index in [0.717, 1.165) is 32.2 Å². The predicted octanol–water partition coefficient (Wildman–Crippen LogP) is 4.88. The number of nitrogens with zero attached hydrogens (tertiary/aromatic N) is 1. The fraction of sp³-hybridized carbons (Fsp3) is 0.444. The molecule has 0 fully saturated rings. The molecule has 0 spiro atoms. The maximum atomic E-state index is 11.4. The van der Waals surface area contributed by atoms with Gasteiger partial charge in [-0.1, -0.05) is 55.3 Å². The standard InChI is InChI=1S/C25H36N2O2.2CH2O/c1-5-29-24(28)18-8-6-7-13-19-26-25(21-15-10-9-14-20(21)2)22-16-11-12-17-23(22)27(3)4;2*1-2/h9-12,14-17,25-26H,5-8,13,18-19H2,1-4H3;2*1H2. The summed E-state index contributed by atoms with van der Waals surface area (Å²) in [6.07, 6.45) is 4.70. The van der Waals surface area contributed by atoms with Crippen molar-refractivity contribution in [3.05, 3.63) is 65.2 Å². The average Bonchev–Trinajstić information content (AvgIpc) is 2.84. The van der Waals surface area contributed by atoms with Crippen molar-refractivity contribution in [2.24, 2.45) is 0 Å². The Balaban J connectivity index is 0.00000242. The Morgan fingerprint density at radius 2 is 1.48 bits per heavy atom. The minimum Gasteiger partial charge on any atom is -0.466 e. The van der Waals surface area contributed by atoms with Crippen molar-refractivity contribution in [3.63, 3.8) is 0 Å². The number of rotatable bonds is 12. The quantitative estimate of drug-likeness (QED) is 0.362. The lowest BCUT2D eigenvalue weighted by molar-refractivity contribution is -0.143. The number of hydrogen-bond donors (Lipinski definition) is 1. The molecule has 0 aliphatic heterocycles. The van der Waals surface area contributed by atoms with Crippen LogP contribution in [0.25, 0.3) is 0 Å². The van der Waals surface area contributed by atoms with Crippen LogP contribution in [0.15, 0.2) is 48.5 Å². The van der Waals surface area contributed by atoms with Crippen molar-refractivity contribution in [2.75, 3.05) is 32.1 Å². The minimum atomic E-state index is -0.0782. The van der Waals surface area contributed by atoms with E-state index in [1.807, 2.05) is 20.5 Å². The van der Waals surface area contributed by atoms with Crippen LogP contribution in [0.2, 0.25) is 0 Å². The first-order valence-corrected chi connectivity index (χ1v) is 11.3. The van der Waals surface area contributed by atoms with Gasteiger partial charge >= 0.3 is 5.97 Å². The summed E-state index contributed by atoms with van der Waals surface area (Å²) in [5, 5.41) is 3.79. The summed E-state index contributed by atoms with van der Waals surface area (Å²) in [7, 11) is 4.19. The van der Waals surface area contributed by atoms with E-state index in [1.165, 1.54) is 22.4 Å². The topological polar surface area (TPSA) is 75.7 Å². The molecule has 0 saturated heterocycles. The van der Waals surface area contributed by atoms with Gasteiger partial charge < -0.3 is 24.5 Å². The van der Waals surface area contributed by atoms with Crippen LogP contribution in [0.4, 0.5) is 5.69 Å². The third kappa shape index (κ3) is 10.9. The van der Waals surface area contributed by atoms with Crippen LogP contribution in [0.1, 0.15) is 61.8 Å². The van der Waals surface area contributed by atoms with Gasteiger partial charge in [0.05, 0.1) is 12.6 Å². The third-order valence-corrected chi connectivity index (χ3v) is 5.19. The number of carbonyl (C=O) groups excluding carboxylic acids is 3. The number of hydrogen-bond acceptors (Lipinski definition) is 6. The lowest BCUT2D eigenvalue weighted by atomic mass is 9.93. The molecule has 0 amide bonds. The highest BCUT2D eigenvalue weighted by atomic mass is 16.5. The Bertz CT molecular complexity index is 793. The zero-order valence-electron chi connectivity index (χ0n) is 20.6. The Kier molecular flexibility index (Phi) is 16.9. The number of aryl methyl sites for hydroxylation is 1. The first-order chi connectivity index (χ1) is 16.0. The number of carbonyl (C=O) groups is 3. The third-order valence-electron chi connectivity index (χ3n) is 5.19. The van der Waals surface area contributed by atoms with Crippen LogP contribution in [-0.2, 0) is 19.1 Å². The van der Waals surface area contributed by atoms with Gasteiger partial charge in [0.1, 0.15) is 13.6 Å². The van der Waals surface area contributed by atoms with Crippen molar-refractivity contribution in [1.29, 1.82) is 0 Å². The summed E-state index contributed by atoms with van der Waals surface area (Å²) >= 11 is 0. The van der Waals surface area contributed by atoms with Crippen molar-refractivity contribution in [1.82, 2.24) is 5.32 Å². The van der Waals surface area contributed by atoms with E-state index in [-0.39, 0.29) is 12.0 Å². The summed E-state index contributed by atoms with van der Waals surface area (Å²) in [4.78, 5) is 29.6. The second-order valence-corrected chi connectivity index (χ2v) is 7.67. The van der Waals surface area contributed by atoms with Gasteiger partial charge in [0.25, 0.3) is 0 Å². The van der Waals surface area contributed by atoms with Gasteiger partial charge in [-0.2, -0.15) is 0 Å². The summed E-state index contributed by atoms with van der Waals surface area (Å²) < 4.78 is 4.99. The van der Waals surface area contributed by atoms with Gasteiger partial charge in [0.2, 0.25) is 0 Å². The fourth-order valence-corrected chi connectivity index (χ4v) is 3.66. The van der Waals surface area contributed by atoms with Crippen LogP contribution in [-0.4, -0.2) is 46.8 Å². The average molecular weight is 457 g/mol. The Labute approximate surface area is 199 Å². The number of esters is 1. The Hall–Kier alpha value is -2.99. The maximum absolute atomic E-state index is 11.4. The zero-order chi connectivity index (χ0) is 25.1. The van der Waals surface area contributed by atoms with Crippen molar-refractivity contribution in [2.45, 2.75) is 52.0 Å². The highest BCUT2D eigenvalue weighted by Crippen LogP contribution is 2.31. The van der Waals surface area contributed by atoms with E-state index >= 15 is 0 Å². The largest absolute Gasteiger partial charge is 0.466 e. The molecule has 6 nitrogen and oxygen atoms in total. The maximum Gasteiger partial charge on any atom is 0.305 e. The van der Waals surface area contributed by atoms with E-state index in [1.54, 1.807) is 0 Å². The summed E-state index contributed by atoms with van der Waals surface area (Å²) in [6.45, 7) is 9.44. The minimum absolute atomic E-state index is 0.0782. The van der Waals surface area contributed by atoms with Gasteiger partial charge in [0.15, 0.2) is 0 Å². The summed E-state index contributed by atoms with van der Waals surface area (Å²) in [6, 6.07) is 17.4. The van der Waals surface area contributed by atoms with Gasteiger partial charge in [-0.05, 0) is 56.0 Å². The lowest BCUT2D eigenvalue weighted by Gasteiger charge is -2.26. The molecular weight excluding hydrogens is 416 g/mol. The predicted molar refractivity (Wildman–Crippen MR) is 136 cm³/mol. The van der Waals surface area contributed by atoms with E-state index in [4.69, 9.17) is 14.3 Å². The second-order valence-electron chi connectivity index (χ2n) is 7.67. The van der Waals surface area contributed by atoms with Crippen LogP contribution >= 0.6 is 0 Å². The molecule has 0 saturated carbocycles. The molecular formula is C27H40N2O4. The first-order valence-electron chi connectivity index (χ1n) is 11.3. The Morgan fingerprint density at radius 1 is 0.909 bits per heavy atom. The lowest BCUT2D eigenvalue weighted by Crippen LogP contribution is -2.26. The molecule has 1 N–H and O–H groups in total. The van der Waals surface area contributed by atoms with Crippen molar-refractivity contribution >= 4 is 25.2 Å². The molecule has 0 aromatic heterocycles. The monoisotopic (exact) mass is 456 g/mol. The van der Waals surface area contributed by atoms with Gasteiger partial charge in [-0.15, -0.1) is 0 Å². The molecule has 0 radical (unpaired) electrons.